The van der Waals surface area contributed by atoms with Crippen LogP contribution < -0.4 is 5.32 Å². The van der Waals surface area contributed by atoms with Crippen molar-refractivity contribution in [3.8, 4) is 17.1 Å². The van der Waals surface area contributed by atoms with Crippen LogP contribution in [0.25, 0.3) is 17.1 Å². The van der Waals surface area contributed by atoms with Crippen molar-refractivity contribution >= 4 is 29.4 Å². The third kappa shape index (κ3) is 6.27. The van der Waals surface area contributed by atoms with Crippen molar-refractivity contribution < 1.29 is 18.0 Å². The Labute approximate surface area is 186 Å². The summed E-state index contributed by atoms with van der Waals surface area (Å²) in [5, 5.41) is 11.8. The molecule has 1 amide bonds. The normalized spacial score (nSPS) is 12.2. The van der Waals surface area contributed by atoms with Crippen LogP contribution in [-0.2, 0) is 4.79 Å². The minimum absolute atomic E-state index is 0.0700. The first-order valence-electron chi connectivity index (χ1n) is 9.56. The molecule has 3 rings (SSSR count). The standard InChI is InChI=1S/C21H21F3N4OS2/c1-3-13(2)25-18(29)12-30-21-27-26-19(14-4-6-15(22)7-5-14)28(21)16-8-10-17(11-9-16)31-20(23)24/h4-11,13,20H,3,12H2,1-2H3,(H,25,29). The quantitative estimate of drug-likeness (QED) is 0.428. The molecule has 3 aromatic rings. The van der Waals surface area contributed by atoms with E-state index in [2.05, 4.69) is 15.5 Å². The molecule has 1 aromatic heterocycles. The Hall–Kier alpha value is -2.46. The average Bonchev–Trinajstić information content (AvgIpc) is 3.16. The number of rotatable bonds is 9. The van der Waals surface area contributed by atoms with Gasteiger partial charge in [0.15, 0.2) is 11.0 Å². The number of amides is 1. The second kappa shape index (κ2) is 10.7. The molecule has 31 heavy (non-hydrogen) atoms. The molecular weight excluding hydrogens is 445 g/mol. The van der Waals surface area contributed by atoms with Gasteiger partial charge in [0, 0.05) is 22.2 Å². The predicted molar refractivity (Wildman–Crippen MR) is 117 cm³/mol. The number of thioether (sulfide) groups is 2. The highest BCUT2D eigenvalue weighted by atomic mass is 32.2. The van der Waals surface area contributed by atoms with Crippen LogP contribution in [-0.4, -0.2) is 38.2 Å². The maximum atomic E-state index is 13.4. The van der Waals surface area contributed by atoms with E-state index in [9.17, 15) is 18.0 Å². The smallest absolute Gasteiger partial charge is 0.288 e. The SMILES string of the molecule is CCC(C)NC(=O)CSc1nnc(-c2ccc(F)cc2)n1-c1ccc(SC(F)F)cc1. The van der Waals surface area contributed by atoms with Gasteiger partial charge in [0.1, 0.15) is 5.82 Å². The van der Waals surface area contributed by atoms with Gasteiger partial charge >= 0.3 is 0 Å². The Kier molecular flexibility index (Phi) is 8.03. The van der Waals surface area contributed by atoms with E-state index in [4.69, 9.17) is 0 Å². The van der Waals surface area contributed by atoms with E-state index in [1.807, 2.05) is 13.8 Å². The van der Waals surface area contributed by atoms with Gasteiger partial charge in [-0.15, -0.1) is 10.2 Å². The monoisotopic (exact) mass is 466 g/mol. The van der Waals surface area contributed by atoms with Crippen LogP contribution in [0.5, 0.6) is 0 Å². The van der Waals surface area contributed by atoms with Gasteiger partial charge in [-0.05, 0) is 61.9 Å². The van der Waals surface area contributed by atoms with Gasteiger partial charge in [0.25, 0.3) is 5.76 Å². The minimum Gasteiger partial charge on any atom is -0.353 e. The number of hydrogen-bond donors (Lipinski definition) is 1. The highest BCUT2D eigenvalue weighted by Crippen LogP contribution is 2.30. The van der Waals surface area contributed by atoms with Crippen LogP contribution in [0, 0.1) is 5.82 Å². The molecule has 0 spiro atoms. The second-order valence-electron chi connectivity index (χ2n) is 6.69. The van der Waals surface area contributed by atoms with Crippen LogP contribution in [0.4, 0.5) is 13.2 Å². The molecule has 1 N–H and O–H groups in total. The van der Waals surface area contributed by atoms with Crippen molar-refractivity contribution in [2.24, 2.45) is 0 Å². The van der Waals surface area contributed by atoms with E-state index < -0.39 is 5.76 Å². The number of carbonyl (C=O) groups excluding carboxylic acids is 1. The third-order valence-electron chi connectivity index (χ3n) is 4.41. The van der Waals surface area contributed by atoms with Crippen LogP contribution in [0.1, 0.15) is 20.3 Å². The lowest BCUT2D eigenvalue weighted by atomic mass is 10.2. The fourth-order valence-corrected chi connectivity index (χ4v) is 3.97. The predicted octanol–water partition coefficient (Wildman–Crippen LogP) is 5.39. The van der Waals surface area contributed by atoms with Gasteiger partial charge in [-0.25, -0.2) is 4.39 Å². The number of carbonyl (C=O) groups is 1. The molecular formula is C21H21F3N4OS2. The van der Waals surface area contributed by atoms with Crippen molar-refractivity contribution in [2.75, 3.05) is 5.75 Å². The van der Waals surface area contributed by atoms with Gasteiger partial charge in [0.2, 0.25) is 5.91 Å². The van der Waals surface area contributed by atoms with Crippen LogP contribution in [0.15, 0.2) is 58.6 Å². The molecule has 0 aliphatic carbocycles. The number of hydrogen-bond acceptors (Lipinski definition) is 5. The zero-order chi connectivity index (χ0) is 22.4. The molecule has 0 aliphatic rings. The molecule has 0 bridgehead atoms. The van der Waals surface area contributed by atoms with Crippen molar-refractivity contribution in [1.82, 2.24) is 20.1 Å². The van der Waals surface area contributed by atoms with E-state index in [0.717, 1.165) is 6.42 Å². The summed E-state index contributed by atoms with van der Waals surface area (Å²) in [6.07, 6.45) is 0.824. The zero-order valence-corrected chi connectivity index (χ0v) is 18.5. The fraction of sp³-hybridized carbons (Fsp3) is 0.286. The lowest BCUT2D eigenvalue weighted by Gasteiger charge is -2.13. The highest BCUT2D eigenvalue weighted by Gasteiger charge is 2.18. The largest absolute Gasteiger partial charge is 0.353 e. The van der Waals surface area contributed by atoms with Gasteiger partial charge < -0.3 is 5.32 Å². The van der Waals surface area contributed by atoms with Crippen LogP contribution in [0.2, 0.25) is 0 Å². The summed E-state index contributed by atoms with van der Waals surface area (Å²) in [6, 6.07) is 12.4. The maximum Gasteiger partial charge on any atom is 0.288 e. The summed E-state index contributed by atoms with van der Waals surface area (Å²) in [6.45, 7) is 3.91. The summed E-state index contributed by atoms with van der Waals surface area (Å²) in [5.74, 6) is -2.41. The topological polar surface area (TPSA) is 59.8 Å². The van der Waals surface area contributed by atoms with Gasteiger partial charge in [-0.3, -0.25) is 9.36 Å². The third-order valence-corrected chi connectivity index (χ3v) is 6.06. The molecule has 164 valence electrons. The first kappa shape index (κ1) is 23.2. The molecule has 1 unspecified atom stereocenters. The van der Waals surface area contributed by atoms with Gasteiger partial charge in [0.05, 0.1) is 5.75 Å². The zero-order valence-electron chi connectivity index (χ0n) is 16.9. The van der Waals surface area contributed by atoms with Crippen molar-refractivity contribution in [1.29, 1.82) is 0 Å². The van der Waals surface area contributed by atoms with E-state index in [1.54, 1.807) is 41.0 Å². The Morgan fingerprint density at radius 1 is 1.10 bits per heavy atom. The van der Waals surface area contributed by atoms with Crippen LogP contribution in [0.3, 0.4) is 0 Å². The lowest BCUT2D eigenvalue weighted by molar-refractivity contribution is -0.119. The molecule has 5 nitrogen and oxygen atoms in total. The number of aromatic nitrogens is 3. The first-order valence-corrected chi connectivity index (χ1v) is 11.4. The number of alkyl halides is 2. The Balaban J connectivity index is 1.92. The van der Waals surface area contributed by atoms with Gasteiger partial charge in [-0.2, -0.15) is 8.78 Å². The Morgan fingerprint density at radius 2 is 1.77 bits per heavy atom. The highest BCUT2D eigenvalue weighted by molar-refractivity contribution is 8.00. The van der Waals surface area contributed by atoms with Crippen molar-refractivity contribution in [3.05, 3.63) is 54.3 Å². The number of nitrogens with one attached hydrogen (secondary N) is 1. The van der Waals surface area contributed by atoms with Crippen molar-refractivity contribution in [2.45, 2.75) is 42.1 Å². The fourth-order valence-electron chi connectivity index (χ4n) is 2.71. The molecule has 0 fully saturated rings. The lowest BCUT2D eigenvalue weighted by Crippen LogP contribution is -2.33. The van der Waals surface area contributed by atoms with E-state index >= 15 is 0 Å². The molecule has 2 aromatic carbocycles. The second-order valence-corrected chi connectivity index (χ2v) is 8.69. The molecule has 0 radical (unpaired) electrons. The molecule has 0 aliphatic heterocycles. The number of nitrogens with zero attached hydrogens (tertiary/aromatic N) is 3. The summed E-state index contributed by atoms with van der Waals surface area (Å²) < 4.78 is 40.4. The molecule has 1 heterocycles. The van der Waals surface area contributed by atoms with Crippen molar-refractivity contribution in [3.63, 3.8) is 0 Å². The summed E-state index contributed by atoms with van der Waals surface area (Å²) in [4.78, 5) is 12.6. The molecule has 1 atom stereocenters. The summed E-state index contributed by atoms with van der Waals surface area (Å²) >= 11 is 1.67. The average molecular weight is 467 g/mol. The maximum absolute atomic E-state index is 13.4. The Morgan fingerprint density at radius 3 is 2.39 bits per heavy atom. The molecule has 0 saturated heterocycles. The Bertz CT molecular complexity index is 1010. The van der Waals surface area contributed by atoms with Gasteiger partial charge in [-0.1, -0.05) is 30.4 Å². The summed E-state index contributed by atoms with van der Waals surface area (Å²) in [5.41, 5.74) is 1.28. The summed E-state index contributed by atoms with van der Waals surface area (Å²) in [7, 11) is 0. The molecule has 0 saturated carbocycles. The van der Waals surface area contributed by atoms with E-state index in [0.29, 0.717) is 38.9 Å². The van der Waals surface area contributed by atoms with E-state index in [-0.39, 0.29) is 23.5 Å². The molecule has 10 heteroatoms. The van der Waals surface area contributed by atoms with E-state index in [1.165, 1.54) is 23.9 Å². The number of halogens is 3. The first-order chi connectivity index (χ1) is 14.9. The number of benzene rings is 2. The minimum atomic E-state index is -2.51. The van der Waals surface area contributed by atoms with Crippen LogP contribution >= 0.6 is 23.5 Å².